The lowest BCUT2D eigenvalue weighted by Crippen LogP contribution is -2.37. The second-order valence-corrected chi connectivity index (χ2v) is 8.67. The fourth-order valence-electron chi connectivity index (χ4n) is 3.71. The van der Waals surface area contributed by atoms with Crippen molar-refractivity contribution in [3.63, 3.8) is 0 Å². The number of rotatable bonds is 10. The Kier molecular flexibility index (Phi) is 7.46. The Balaban J connectivity index is 1.38. The van der Waals surface area contributed by atoms with E-state index in [1.807, 2.05) is 83.9 Å². The summed E-state index contributed by atoms with van der Waals surface area (Å²) in [6, 6.07) is 24.6. The van der Waals surface area contributed by atoms with Crippen LogP contribution in [0.2, 0.25) is 0 Å². The summed E-state index contributed by atoms with van der Waals surface area (Å²) in [7, 11) is 0. The van der Waals surface area contributed by atoms with E-state index >= 15 is 0 Å². The molecule has 2 aromatic carbocycles. The standard InChI is InChI=1S/C26H28N4OS/c1-2-23(17-21-11-5-3-6-12-21)28-25(31)20-32-19-22-18-27-30(24-13-7-4-8-14-24)26(22)29-15-9-10-16-29/h3-16,18,23H,2,17,19-20H2,1H3,(H,28,31). The van der Waals surface area contributed by atoms with Gasteiger partial charge in [0.1, 0.15) is 5.82 Å². The number of carbonyl (C=O) groups excluding carboxylic acids is 1. The van der Waals surface area contributed by atoms with E-state index in [4.69, 9.17) is 0 Å². The van der Waals surface area contributed by atoms with Gasteiger partial charge in [0.25, 0.3) is 0 Å². The number of benzene rings is 2. The summed E-state index contributed by atoms with van der Waals surface area (Å²) in [6.07, 6.45) is 7.71. The van der Waals surface area contributed by atoms with E-state index in [9.17, 15) is 4.79 Å². The summed E-state index contributed by atoms with van der Waals surface area (Å²) in [5.74, 6) is 2.22. The average Bonchev–Trinajstić information content (AvgIpc) is 3.50. The summed E-state index contributed by atoms with van der Waals surface area (Å²) in [5, 5.41) is 7.82. The highest BCUT2D eigenvalue weighted by Gasteiger charge is 2.15. The van der Waals surface area contributed by atoms with Gasteiger partial charge in [-0.05, 0) is 42.7 Å². The van der Waals surface area contributed by atoms with Crippen molar-refractivity contribution in [1.82, 2.24) is 19.7 Å². The lowest BCUT2D eigenvalue weighted by molar-refractivity contribution is -0.119. The van der Waals surface area contributed by atoms with Gasteiger partial charge in [0.2, 0.25) is 5.91 Å². The number of nitrogens with zero attached hydrogens (tertiary/aromatic N) is 3. The molecule has 5 nitrogen and oxygen atoms in total. The molecule has 0 radical (unpaired) electrons. The Hall–Kier alpha value is -3.25. The minimum atomic E-state index is 0.0794. The maximum atomic E-state index is 12.6. The van der Waals surface area contributed by atoms with Gasteiger partial charge in [-0.2, -0.15) is 5.10 Å². The topological polar surface area (TPSA) is 51.9 Å². The van der Waals surface area contributed by atoms with Crippen molar-refractivity contribution < 1.29 is 4.79 Å². The molecule has 0 bridgehead atoms. The van der Waals surface area contributed by atoms with Crippen molar-refractivity contribution in [1.29, 1.82) is 0 Å². The molecule has 0 spiro atoms. The van der Waals surface area contributed by atoms with Crippen molar-refractivity contribution in [3.8, 4) is 11.5 Å². The first-order chi connectivity index (χ1) is 15.7. The molecule has 4 rings (SSSR count). The van der Waals surface area contributed by atoms with Gasteiger partial charge in [0.15, 0.2) is 0 Å². The number of aromatic nitrogens is 3. The Morgan fingerprint density at radius 3 is 2.38 bits per heavy atom. The van der Waals surface area contributed by atoms with Gasteiger partial charge in [-0.15, -0.1) is 11.8 Å². The Bertz CT molecular complexity index is 1110. The van der Waals surface area contributed by atoms with Crippen LogP contribution in [0.4, 0.5) is 0 Å². The molecular formula is C26H28N4OS. The molecular weight excluding hydrogens is 416 g/mol. The van der Waals surface area contributed by atoms with Crippen LogP contribution in [0.5, 0.6) is 0 Å². The van der Waals surface area contributed by atoms with Gasteiger partial charge >= 0.3 is 0 Å². The molecule has 1 N–H and O–H groups in total. The molecule has 2 heterocycles. The van der Waals surface area contributed by atoms with Crippen LogP contribution in [0.3, 0.4) is 0 Å². The quantitative estimate of drug-likeness (QED) is 0.373. The maximum absolute atomic E-state index is 12.6. The molecule has 1 unspecified atom stereocenters. The first-order valence-electron chi connectivity index (χ1n) is 10.9. The zero-order chi connectivity index (χ0) is 22.2. The number of carbonyl (C=O) groups is 1. The van der Waals surface area contributed by atoms with Crippen LogP contribution in [0, 0.1) is 0 Å². The molecule has 1 atom stereocenters. The van der Waals surface area contributed by atoms with Crippen LogP contribution in [-0.2, 0) is 17.0 Å². The zero-order valence-electron chi connectivity index (χ0n) is 18.2. The van der Waals surface area contributed by atoms with Crippen molar-refractivity contribution >= 4 is 17.7 Å². The SMILES string of the molecule is CCC(Cc1ccccc1)NC(=O)CSCc1cnn(-c2ccccc2)c1-n1cccc1. The highest BCUT2D eigenvalue weighted by atomic mass is 32.2. The van der Waals surface area contributed by atoms with Gasteiger partial charge < -0.3 is 9.88 Å². The third-order valence-corrected chi connectivity index (χ3v) is 6.32. The molecule has 2 aromatic heterocycles. The lowest BCUT2D eigenvalue weighted by Gasteiger charge is -2.17. The van der Waals surface area contributed by atoms with Gasteiger partial charge in [-0.3, -0.25) is 4.79 Å². The van der Waals surface area contributed by atoms with E-state index < -0.39 is 0 Å². The highest BCUT2D eigenvalue weighted by molar-refractivity contribution is 7.99. The summed E-state index contributed by atoms with van der Waals surface area (Å²) in [6.45, 7) is 2.11. The fourth-order valence-corrected chi connectivity index (χ4v) is 4.50. The molecule has 32 heavy (non-hydrogen) atoms. The number of thioether (sulfide) groups is 1. The van der Waals surface area contributed by atoms with Gasteiger partial charge in [0.05, 0.1) is 17.6 Å². The van der Waals surface area contributed by atoms with Crippen molar-refractivity contribution in [2.24, 2.45) is 0 Å². The van der Waals surface area contributed by atoms with Gasteiger partial charge in [0, 0.05) is 29.8 Å². The van der Waals surface area contributed by atoms with Crippen LogP contribution < -0.4 is 5.32 Å². The molecule has 1 amide bonds. The van der Waals surface area contributed by atoms with Gasteiger partial charge in [-0.25, -0.2) is 4.68 Å². The highest BCUT2D eigenvalue weighted by Crippen LogP contribution is 2.23. The lowest BCUT2D eigenvalue weighted by atomic mass is 10.0. The third-order valence-electron chi connectivity index (χ3n) is 5.34. The summed E-state index contributed by atoms with van der Waals surface area (Å²) in [4.78, 5) is 12.6. The maximum Gasteiger partial charge on any atom is 0.230 e. The number of amides is 1. The van der Waals surface area contributed by atoms with E-state index in [1.54, 1.807) is 11.8 Å². The fraction of sp³-hybridized carbons (Fsp3) is 0.231. The largest absolute Gasteiger partial charge is 0.352 e. The van der Waals surface area contributed by atoms with Crippen LogP contribution in [-0.4, -0.2) is 32.0 Å². The van der Waals surface area contributed by atoms with Gasteiger partial charge in [-0.1, -0.05) is 55.5 Å². The predicted molar refractivity (Wildman–Crippen MR) is 131 cm³/mol. The number of nitrogens with one attached hydrogen (secondary N) is 1. The normalized spacial score (nSPS) is 11.9. The van der Waals surface area contributed by atoms with Crippen LogP contribution in [0.15, 0.2) is 91.4 Å². The summed E-state index contributed by atoms with van der Waals surface area (Å²) in [5.41, 5.74) is 3.35. The van der Waals surface area contributed by atoms with E-state index in [0.717, 1.165) is 29.9 Å². The van der Waals surface area contributed by atoms with E-state index in [1.165, 1.54) is 5.56 Å². The molecule has 0 aliphatic carbocycles. The number of hydrogen-bond acceptors (Lipinski definition) is 3. The molecule has 0 aliphatic heterocycles. The molecule has 164 valence electrons. The van der Waals surface area contributed by atoms with Crippen LogP contribution >= 0.6 is 11.8 Å². The molecule has 6 heteroatoms. The molecule has 4 aromatic rings. The van der Waals surface area contributed by atoms with E-state index in [0.29, 0.717) is 11.5 Å². The first-order valence-corrected chi connectivity index (χ1v) is 12.1. The smallest absolute Gasteiger partial charge is 0.230 e. The Morgan fingerprint density at radius 2 is 1.69 bits per heavy atom. The van der Waals surface area contributed by atoms with Crippen molar-refractivity contribution in [2.45, 2.75) is 31.6 Å². The Morgan fingerprint density at radius 1 is 1.00 bits per heavy atom. The summed E-state index contributed by atoms with van der Waals surface area (Å²) >= 11 is 1.61. The first kappa shape index (κ1) is 22.0. The third kappa shape index (κ3) is 5.51. The second-order valence-electron chi connectivity index (χ2n) is 7.69. The van der Waals surface area contributed by atoms with Crippen LogP contribution in [0.1, 0.15) is 24.5 Å². The molecule has 0 aliphatic rings. The average molecular weight is 445 g/mol. The second kappa shape index (κ2) is 10.9. The number of hydrogen-bond donors (Lipinski definition) is 1. The molecule has 0 saturated heterocycles. The minimum absolute atomic E-state index is 0.0794. The number of para-hydroxylation sites is 1. The minimum Gasteiger partial charge on any atom is -0.352 e. The summed E-state index contributed by atoms with van der Waals surface area (Å²) < 4.78 is 4.02. The zero-order valence-corrected chi connectivity index (χ0v) is 19.0. The van der Waals surface area contributed by atoms with Crippen molar-refractivity contribution in [3.05, 3.63) is 103 Å². The van der Waals surface area contributed by atoms with Crippen LogP contribution in [0.25, 0.3) is 11.5 Å². The molecule has 0 fully saturated rings. The Labute approximate surface area is 193 Å². The molecule has 0 saturated carbocycles. The van der Waals surface area contributed by atoms with E-state index in [2.05, 4.69) is 34.0 Å². The van der Waals surface area contributed by atoms with Crippen molar-refractivity contribution in [2.75, 3.05) is 5.75 Å². The monoisotopic (exact) mass is 444 g/mol. The predicted octanol–water partition coefficient (Wildman–Crippen LogP) is 5.03. The van der Waals surface area contributed by atoms with E-state index in [-0.39, 0.29) is 11.9 Å².